The molecule has 1 rings (SSSR count). The van der Waals surface area contributed by atoms with E-state index in [1.807, 2.05) is 0 Å². The van der Waals surface area contributed by atoms with Gasteiger partial charge >= 0.3 is 0 Å². The van der Waals surface area contributed by atoms with Crippen LogP contribution in [0.5, 0.6) is 0 Å². The molecule has 2 atom stereocenters. The van der Waals surface area contributed by atoms with Gasteiger partial charge in [0.2, 0.25) is 5.91 Å². The minimum Gasteiger partial charge on any atom is -0.353 e. The van der Waals surface area contributed by atoms with E-state index in [2.05, 4.69) is 38.3 Å². The van der Waals surface area contributed by atoms with Crippen molar-refractivity contribution in [2.24, 2.45) is 11.3 Å². The van der Waals surface area contributed by atoms with Gasteiger partial charge in [0.25, 0.3) is 0 Å². The molecule has 2 unspecified atom stereocenters. The minimum absolute atomic E-state index is 0.216. The molecule has 0 radical (unpaired) electrons. The van der Waals surface area contributed by atoms with Crippen molar-refractivity contribution in [3.8, 4) is 0 Å². The summed E-state index contributed by atoms with van der Waals surface area (Å²) < 4.78 is 0. The fourth-order valence-corrected chi connectivity index (χ4v) is 2.00. The number of rotatable bonds is 3. The van der Waals surface area contributed by atoms with Gasteiger partial charge < -0.3 is 10.6 Å². The van der Waals surface area contributed by atoms with Crippen LogP contribution in [0.1, 0.15) is 47.0 Å². The predicted molar refractivity (Wildman–Crippen MR) is 67.3 cm³/mol. The largest absolute Gasteiger partial charge is 0.353 e. The number of nitrogens with one attached hydrogen (secondary N) is 2. The Morgan fingerprint density at radius 3 is 2.69 bits per heavy atom. The molecule has 0 bridgehead atoms. The molecule has 0 aliphatic carbocycles. The number of hydrogen-bond acceptors (Lipinski definition) is 2. The van der Waals surface area contributed by atoms with Crippen molar-refractivity contribution in [3.05, 3.63) is 0 Å². The van der Waals surface area contributed by atoms with Crippen LogP contribution in [0.2, 0.25) is 0 Å². The van der Waals surface area contributed by atoms with E-state index in [9.17, 15) is 4.79 Å². The molecule has 94 valence electrons. The molecule has 2 N–H and O–H groups in total. The molecule has 1 aliphatic rings. The van der Waals surface area contributed by atoms with Gasteiger partial charge in [-0.3, -0.25) is 4.79 Å². The van der Waals surface area contributed by atoms with Crippen LogP contribution in [-0.2, 0) is 4.79 Å². The summed E-state index contributed by atoms with van der Waals surface area (Å²) in [5, 5.41) is 6.50. The molecule has 0 aromatic rings. The zero-order valence-corrected chi connectivity index (χ0v) is 11.1. The summed E-state index contributed by atoms with van der Waals surface area (Å²) in [5.41, 5.74) is 0.247. The molecule has 0 aromatic heterocycles. The summed E-state index contributed by atoms with van der Waals surface area (Å²) in [4.78, 5) is 11.8. The zero-order chi connectivity index (χ0) is 12.2. The van der Waals surface area contributed by atoms with E-state index in [1.165, 1.54) is 0 Å². The molecule has 1 saturated heterocycles. The lowest BCUT2D eigenvalue weighted by Crippen LogP contribution is -2.48. The lowest BCUT2D eigenvalue weighted by molar-refractivity contribution is -0.122. The van der Waals surface area contributed by atoms with Crippen LogP contribution < -0.4 is 10.6 Å². The van der Waals surface area contributed by atoms with E-state index in [0.717, 1.165) is 25.9 Å². The number of amides is 1. The normalized spacial score (nSPS) is 26.5. The number of piperidine rings is 1. The molecule has 1 heterocycles. The average molecular weight is 226 g/mol. The fourth-order valence-electron chi connectivity index (χ4n) is 2.00. The summed E-state index contributed by atoms with van der Waals surface area (Å²) in [7, 11) is 0. The van der Waals surface area contributed by atoms with Gasteiger partial charge in [-0.2, -0.15) is 0 Å². The summed E-state index contributed by atoms with van der Waals surface area (Å²) in [6, 6.07) is 0.369. The van der Waals surface area contributed by atoms with Crippen LogP contribution in [0.3, 0.4) is 0 Å². The van der Waals surface area contributed by atoms with E-state index in [1.54, 1.807) is 0 Å². The average Bonchev–Trinajstić information content (AvgIpc) is 2.18. The maximum atomic E-state index is 11.8. The molecule has 1 aliphatic heterocycles. The third-order valence-electron chi connectivity index (χ3n) is 3.23. The molecule has 3 nitrogen and oxygen atoms in total. The van der Waals surface area contributed by atoms with Gasteiger partial charge in [-0.05, 0) is 37.3 Å². The maximum absolute atomic E-state index is 11.8. The van der Waals surface area contributed by atoms with Crippen LogP contribution in [0.15, 0.2) is 0 Å². The van der Waals surface area contributed by atoms with E-state index in [4.69, 9.17) is 0 Å². The molecule has 0 saturated carbocycles. The van der Waals surface area contributed by atoms with Gasteiger partial charge in [-0.1, -0.05) is 27.7 Å². The van der Waals surface area contributed by atoms with Gasteiger partial charge in [0.05, 0.1) is 0 Å². The topological polar surface area (TPSA) is 41.1 Å². The second-order valence-electron chi connectivity index (χ2n) is 6.20. The fraction of sp³-hybridized carbons (Fsp3) is 0.923. The van der Waals surface area contributed by atoms with Crippen molar-refractivity contribution >= 4 is 5.91 Å². The van der Waals surface area contributed by atoms with E-state index >= 15 is 0 Å². The van der Waals surface area contributed by atoms with Gasteiger partial charge in [0.15, 0.2) is 0 Å². The Balaban J connectivity index is 2.28. The Morgan fingerprint density at radius 2 is 2.12 bits per heavy atom. The highest BCUT2D eigenvalue weighted by Gasteiger charge is 2.23. The Kier molecular flexibility index (Phi) is 4.78. The first-order valence-corrected chi connectivity index (χ1v) is 6.38. The van der Waals surface area contributed by atoms with Crippen molar-refractivity contribution < 1.29 is 4.79 Å². The number of hydrogen-bond donors (Lipinski definition) is 2. The second kappa shape index (κ2) is 5.67. The predicted octanol–water partition coefficient (Wildman–Crippen LogP) is 1.93. The van der Waals surface area contributed by atoms with Gasteiger partial charge in [0.1, 0.15) is 0 Å². The molecule has 0 spiro atoms. The number of carbonyl (C=O) groups excluding carboxylic acids is 1. The van der Waals surface area contributed by atoms with E-state index in [-0.39, 0.29) is 11.3 Å². The quantitative estimate of drug-likeness (QED) is 0.772. The maximum Gasteiger partial charge on any atom is 0.220 e. The molecular weight excluding hydrogens is 200 g/mol. The van der Waals surface area contributed by atoms with E-state index in [0.29, 0.717) is 18.4 Å². The van der Waals surface area contributed by atoms with Crippen LogP contribution in [0.4, 0.5) is 0 Å². The van der Waals surface area contributed by atoms with Gasteiger partial charge in [-0.15, -0.1) is 0 Å². The van der Waals surface area contributed by atoms with E-state index < -0.39 is 0 Å². The smallest absolute Gasteiger partial charge is 0.220 e. The lowest BCUT2D eigenvalue weighted by Gasteiger charge is -2.30. The molecule has 3 heteroatoms. The number of carbonyl (C=O) groups is 1. The zero-order valence-electron chi connectivity index (χ0n) is 11.1. The monoisotopic (exact) mass is 226 g/mol. The summed E-state index contributed by atoms with van der Waals surface area (Å²) in [5.74, 6) is 0.765. The minimum atomic E-state index is 0.216. The van der Waals surface area contributed by atoms with Crippen LogP contribution in [0.25, 0.3) is 0 Å². The molecule has 0 aromatic carbocycles. The van der Waals surface area contributed by atoms with Gasteiger partial charge in [-0.25, -0.2) is 0 Å². The second-order valence-corrected chi connectivity index (χ2v) is 6.20. The Labute approximate surface area is 99.4 Å². The third kappa shape index (κ3) is 4.97. The van der Waals surface area contributed by atoms with Crippen molar-refractivity contribution in [1.82, 2.24) is 10.6 Å². The van der Waals surface area contributed by atoms with Crippen molar-refractivity contribution in [2.75, 3.05) is 13.1 Å². The Bertz CT molecular complexity index is 233. The van der Waals surface area contributed by atoms with Crippen LogP contribution in [0, 0.1) is 11.3 Å². The first-order valence-electron chi connectivity index (χ1n) is 6.38. The third-order valence-corrected chi connectivity index (χ3v) is 3.23. The molecule has 16 heavy (non-hydrogen) atoms. The van der Waals surface area contributed by atoms with Crippen molar-refractivity contribution in [1.29, 1.82) is 0 Å². The van der Waals surface area contributed by atoms with Gasteiger partial charge in [0, 0.05) is 12.5 Å². The van der Waals surface area contributed by atoms with Crippen LogP contribution in [-0.4, -0.2) is 25.0 Å². The Hall–Kier alpha value is -0.570. The first-order chi connectivity index (χ1) is 7.38. The summed E-state index contributed by atoms with van der Waals surface area (Å²) in [6.07, 6.45) is 2.67. The van der Waals surface area contributed by atoms with Crippen molar-refractivity contribution in [2.45, 2.75) is 53.0 Å². The highest BCUT2D eigenvalue weighted by molar-refractivity contribution is 5.76. The lowest BCUT2D eigenvalue weighted by atomic mass is 9.90. The SMILES string of the molecule is CC1CNCCC1NC(=O)CCC(C)(C)C. The standard InChI is InChI=1S/C13H26N2O/c1-10-9-14-8-6-11(10)15-12(16)5-7-13(2,3)4/h10-11,14H,5-9H2,1-4H3,(H,15,16). The van der Waals surface area contributed by atoms with Crippen LogP contribution >= 0.6 is 0 Å². The molecular formula is C13H26N2O. The Morgan fingerprint density at radius 1 is 1.44 bits per heavy atom. The highest BCUT2D eigenvalue weighted by atomic mass is 16.1. The first kappa shape index (κ1) is 13.5. The van der Waals surface area contributed by atoms with Crippen molar-refractivity contribution in [3.63, 3.8) is 0 Å². The highest BCUT2D eigenvalue weighted by Crippen LogP contribution is 2.20. The summed E-state index contributed by atoms with van der Waals surface area (Å²) in [6.45, 7) is 10.8. The summed E-state index contributed by atoms with van der Waals surface area (Å²) >= 11 is 0. The molecule has 1 amide bonds. The molecule has 1 fully saturated rings.